The second-order valence-electron chi connectivity index (χ2n) is 8.66. The third-order valence-electron chi connectivity index (χ3n) is 5.55. The van der Waals surface area contributed by atoms with Crippen molar-refractivity contribution in [1.82, 2.24) is 16.0 Å². The number of phenolic OH excluding ortho intramolecular Hbond substituents is 1. The Morgan fingerprint density at radius 2 is 1.42 bits per heavy atom. The van der Waals surface area contributed by atoms with Crippen LogP contribution in [0.1, 0.15) is 37.7 Å². The number of carbonyl (C=O) groups is 5. The molecular formula is C24H37N5O8S. The molecule has 212 valence electrons. The molecule has 0 aliphatic carbocycles. The molecule has 0 heterocycles. The number of amides is 3. The van der Waals surface area contributed by atoms with E-state index >= 15 is 0 Å². The van der Waals surface area contributed by atoms with Gasteiger partial charge in [0.1, 0.15) is 23.9 Å². The van der Waals surface area contributed by atoms with Crippen molar-refractivity contribution in [3.8, 4) is 5.75 Å². The van der Waals surface area contributed by atoms with Gasteiger partial charge in [0, 0.05) is 0 Å². The maximum Gasteiger partial charge on any atom is 0.326 e. The number of aliphatic carboxylic acids is 2. The number of benzene rings is 1. The summed E-state index contributed by atoms with van der Waals surface area (Å²) in [6.07, 6.45) is 2.48. The lowest BCUT2D eigenvalue weighted by atomic mass is 10.0. The summed E-state index contributed by atoms with van der Waals surface area (Å²) in [4.78, 5) is 61.1. The van der Waals surface area contributed by atoms with E-state index in [0.717, 1.165) is 0 Å². The summed E-state index contributed by atoms with van der Waals surface area (Å²) in [6, 6.07) is 1.31. The zero-order valence-electron chi connectivity index (χ0n) is 21.2. The summed E-state index contributed by atoms with van der Waals surface area (Å²) < 4.78 is 0. The molecular weight excluding hydrogens is 518 g/mol. The Balaban J connectivity index is 2.96. The Morgan fingerprint density at radius 1 is 0.868 bits per heavy atom. The van der Waals surface area contributed by atoms with Gasteiger partial charge in [-0.3, -0.25) is 19.2 Å². The van der Waals surface area contributed by atoms with Gasteiger partial charge in [0.05, 0.1) is 12.5 Å². The van der Waals surface area contributed by atoms with Crippen LogP contribution in [0.5, 0.6) is 5.75 Å². The minimum atomic E-state index is -1.68. The minimum Gasteiger partial charge on any atom is -0.508 e. The number of nitrogens with one attached hydrogen (secondary N) is 3. The number of carboxylic acids is 2. The van der Waals surface area contributed by atoms with Gasteiger partial charge in [0.25, 0.3) is 0 Å². The molecule has 14 heteroatoms. The molecule has 4 atom stereocenters. The molecule has 0 saturated heterocycles. The SMILES string of the molecule is CSCCC(NC(=O)C(N)Cc1ccc(O)cc1)C(=O)NC(CCCCN)C(=O)NC(CC(=O)O)C(=O)O. The van der Waals surface area contributed by atoms with Crippen LogP contribution in [0.3, 0.4) is 0 Å². The fourth-order valence-corrected chi connectivity index (χ4v) is 3.91. The third kappa shape index (κ3) is 12.3. The zero-order valence-corrected chi connectivity index (χ0v) is 22.0. The van der Waals surface area contributed by atoms with E-state index in [1.165, 1.54) is 23.9 Å². The van der Waals surface area contributed by atoms with E-state index in [0.29, 0.717) is 30.7 Å². The Hall–Kier alpha value is -3.36. The molecule has 1 rings (SSSR count). The van der Waals surface area contributed by atoms with Gasteiger partial charge in [0.15, 0.2) is 0 Å². The highest BCUT2D eigenvalue weighted by Crippen LogP contribution is 2.11. The molecule has 0 spiro atoms. The lowest BCUT2D eigenvalue weighted by Gasteiger charge is -2.25. The number of unbranched alkanes of at least 4 members (excludes halogenated alkanes) is 1. The molecule has 10 N–H and O–H groups in total. The number of carbonyl (C=O) groups excluding carboxylic acids is 3. The lowest BCUT2D eigenvalue weighted by Crippen LogP contribution is -2.57. The lowest BCUT2D eigenvalue weighted by molar-refractivity contribution is -0.147. The average Bonchev–Trinajstić information content (AvgIpc) is 2.86. The summed E-state index contributed by atoms with van der Waals surface area (Å²) in [7, 11) is 0. The number of thioether (sulfide) groups is 1. The molecule has 4 unspecified atom stereocenters. The van der Waals surface area contributed by atoms with Gasteiger partial charge in [-0.05, 0) is 68.4 Å². The fourth-order valence-electron chi connectivity index (χ4n) is 3.44. The second kappa shape index (κ2) is 17.2. The Labute approximate surface area is 225 Å². The van der Waals surface area contributed by atoms with Gasteiger partial charge in [0.2, 0.25) is 17.7 Å². The highest BCUT2D eigenvalue weighted by molar-refractivity contribution is 7.98. The van der Waals surface area contributed by atoms with Crippen molar-refractivity contribution in [3.05, 3.63) is 29.8 Å². The number of phenols is 1. The van der Waals surface area contributed by atoms with Crippen molar-refractivity contribution in [2.45, 2.75) is 62.7 Å². The number of hydrogen-bond acceptors (Lipinski definition) is 9. The van der Waals surface area contributed by atoms with Gasteiger partial charge in [-0.15, -0.1) is 0 Å². The van der Waals surface area contributed by atoms with Crippen LogP contribution in [0.4, 0.5) is 0 Å². The topological polar surface area (TPSA) is 234 Å². The van der Waals surface area contributed by atoms with Gasteiger partial charge >= 0.3 is 11.9 Å². The summed E-state index contributed by atoms with van der Waals surface area (Å²) in [5.74, 6) is -4.47. The largest absolute Gasteiger partial charge is 0.508 e. The number of nitrogens with two attached hydrogens (primary N) is 2. The summed E-state index contributed by atoms with van der Waals surface area (Å²) >= 11 is 1.45. The first-order valence-electron chi connectivity index (χ1n) is 12.1. The van der Waals surface area contributed by atoms with Gasteiger partial charge in [-0.2, -0.15) is 11.8 Å². The van der Waals surface area contributed by atoms with Crippen molar-refractivity contribution in [3.63, 3.8) is 0 Å². The smallest absolute Gasteiger partial charge is 0.326 e. The molecule has 0 fully saturated rings. The van der Waals surface area contributed by atoms with Crippen LogP contribution >= 0.6 is 11.8 Å². The minimum absolute atomic E-state index is 0.0725. The van der Waals surface area contributed by atoms with Crippen molar-refractivity contribution in [2.24, 2.45) is 11.5 Å². The van der Waals surface area contributed by atoms with E-state index in [9.17, 15) is 34.2 Å². The van der Waals surface area contributed by atoms with Crippen molar-refractivity contribution in [2.75, 3.05) is 18.6 Å². The zero-order chi connectivity index (χ0) is 28.7. The maximum absolute atomic E-state index is 13.1. The first-order valence-corrected chi connectivity index (χ1v) is 13.5. The van der Waals surface area contributed by atoms with Crippen molar-refractivity contribution >= 4 is 41.4 Å². The van der Waals surface area contributed by atoms with Crippen molar-refractivity contribution < 1.29 is 39.3 Å². The van der Waals surface area contributed by atoms with E-state index in [-0.39, 0.29) is 25.0 Å². The molecule has 1 aromatic carbocycles. The first-order chi connectivity index (χ1) is 18.0. The van der Waals surface area contributed by atoms with Gasteiger partial charge in [-0.1, -0.05) is 12.1 Å². The summed E-state index contributed by atoms with van der Waals surface area (Å²) in [5, 5.41) is 34.9. The molecule has 0 aromatic heterocycles. The van der Waals surface area contributed by atoms with E-state index in [2.05, 4.69) is 16.0 Å². The molecule has 3 amide bonds. The van der Waals surface area contributed by atoms with E-state index in [4.69, 9.17) is 16.6 Å². The van der Waals surface area contributed by atoms with Crippen LogP contribution in [0.2, 0.25) is 0 Å². The van der Waals surface area contributed by atoms with Crippen LogP contribution in [0, 0.1) is 0 Å². The molecule has 1 aromatic rings. The quantitative estimate of drug-likeness (QED) is 0.104. The van der Waals surface area contributed by atoms with Crippen LogP contribution in [0.25, 0.3) is 0 Å². The van der Waals surface area contributed by atoms with Crippen LogP contribution in [-0.4, -0.2) is 87.7 Å². The molecule has 0 saturated carbocycles. The molecule has 38 heavy (non-hydrogen) atoms. The van der Waals surface area contributed by atoms with E-state index in [1.54, 1.807) is 12.1 Å². The third-order valence-corrected chi connectivity index (χ3v) is 6.19. The number of hydrogen-bond donors (Lipinski definition) is 8. The monoisotopic (exact) mass is 555 g/mol. The first kappa shape index (κ1) is 32.7. The Morgan fingerprint density at radius 3 is 1.95 bits per heavy atom. The number of rotatable bonds is 18. The van der Waals surface area contributed by atoms with E-state index in [1.807, 2.05) is 6.26 Å². The fraction of sp³-hybridized carbons (Fsp3) is 0.542. The van der Waals surface area contributed by atoms with Crippen molar-refractivity contribution in [1.29, 1.82) is 0 Å². The Bertz CT molecular complexity index is 946. The predicted molar refractivity (Wildman–Crippen MR) is 141 cm³/mol. The molecule has 0 aliphatic heterocycles. The molecule has 0 bridgehead atoms. The Kier molecular flexibility index (Phi) is 14.8. The average molecular weight is 556 g/mol. The van der Waals surface area contributed by atoms with Crippen LogP contribution in [-0.2, 0) is 30.4 Å². The molecule has 0 radical (unpaired) electrons. The predicted octanol–water partition coefficient (Wildman–Crippen LogP) is -0.842. The summed E-state index contributed by atoms with van der Waals surface area (Å²) in [6.45, 7) is 0.338. The second-order valence-corrected chi connectivity index (χ2v) is 9.65. The number of aromatic hydroxyl groups is 1. The standard InChI is InChI=1S/C24H37N5O8S/c1-38-11-9-18(27-21(33)16(26)12-14-5-7-15(30)8-6-14)23(35)28-17(4-2-3-10-25)22(34)29-19(24(36)37)13-20(31)32/h5-8,16-19,30H,2-4,9-13,25-26H2,1H3,(H,27,33)(H,28,35)(H,29,34)(H,31,32)(H,36,37). The van der Waals surface area contributed by atoms with E-state index < -0.39 is 60.2 Å². The van der Waals surface area contributed by atoms with Gasteiger partial charge in [-0.25, -0.2) is 4.79 Å². The normalized spacial score (nSPS) is 14.0. The molecule has 13 nitrogen and oxygen atoms in total. The number of carboxylic acid groups (broad SMARTS) is 2. The van der Waals surface area contributed by atoms with Crippen LogP contribution < -0.4 is 27.4 Å². The van der Waals surface area contributed by atoms with Crippen LogP contribution in [0.15, 0.2) is 24.3 Å². The highest BCUT2D eigenvalue weighted by atomic mass is 32.2. The van der Waals surface area contributed by atoms with Gasteiger partial charge < -0.3 is 42.7 Å². The highest BCUT2D eigenvalue weighted by Gasteiger charge is 2.30. The maximum atomic E-state index is 13.1. The molecule has 0 aliphatic rings. The summed E-state index contributed by atoms with van der Waals surface area (Å²) in [5.41, 5.74) is 12.2.